The van der Waals surface area contributed by atoms with Crippen molar-refractivity contribution in [1.29, 1.82) is 0 Å². The third-order valence-electron chi connectivity index (χ3n) is 2.42. The van der Waals surface area contributed by atoms with E-state index >= 15 is 0 Å². The van der Waals surface area contributed by atoms with Gasteiger partial charge in [-0.25, -0.2) is 0 Å². The number of hydrogen-bond donors (Lipinski definition) is 1. The summed E-state index contributed by atoms with van der Waals surface area (Å²) in [7, 11) is 3.20. The summed E-state index contributed by atoms with van der Waals surface area (Å²) in [5.41, 5.74) is 4.99. The molecule has 0 radical (unpaired) electrons. The van der Waals surface area contributed by atoms with Gasteiger partial charge in [0.15, 0.2) is 0 Å². The minimum absolute atomic E-state index is 0.435. The van der Waals surface area contributed by atoms with Gasteiger partial charge in [-0.3, -0.25) is 0 Å². The van der Waals surface area contributed by atoms with Crippen LogP contribution in [0, 0.1) is 0 Å². The molecule has 16 heavy (non-hydrogen) atoms. The summed E-state index contributed by atoms with van der Waals surface area (Å²) in [6.45, 7) is 4.83. The minimum Gasteiger partial charge on any atom is -0.495 e. The topological polar surface area (TPSA) is 30.5 Å². The molecule has 0 saturated heterocycles. The van der Waals surface area contributed by atoms with Gasteiger partial charge >= 0.3 is 0 Å². The fourth-order valence-corrected chi connectivity index (χ4v) is 1.84. The molecule has 0 aliphatic carbocycles. The lowest BCUT2D eigenvalue weighted by atomic mass is 10.00. The van der Waals surface area contributed by atoms with Gasteiger partial charge in [0.2, 0.25) is 0 Å². The van der Waals surface area contributed by atoms with Crippen LogP contribution in [0.5, 0.6) is 5.75 Å². The zero-order valence-electron chi connectivity index (χ0n) is 10.1. The molecule has 1 aromatic carbocycles. The Labute approximate surface area is 102 Å². The van der Waals surface area contributed by atoms with Crippen LogP contribution in [0.3, 0.4) is 0 Å². The first-order chi connectivity index (χ1) is 7.60. The lowest BCUT2D eigenvalue weighted by Gasteiger charge is -2.14. The summed E-state index contributed by atoms with van der Waals surface area (Å²) in [5.74, 6) is 1.14. The number of ether oxygens (including phenoxy) is 1. The second-order valence-electron chi connectivity index (χ2n) is 3.88. The van der Waals surface area contributed by atoms with Crippen LogP contribution in [0.25, 0.3) is 0 Å². The van der Waals surface area contributed by atoms with Crippen LogP contribution in [-0.4, -0.2) is 14.2 Å². The molecule has 0 heterocycles. The maximum Gasteiger partial charge on any atom is 0.142 e. The first-order valence-corrected chi connectivity index (χ1v) is 5.60. The summed E-state index contributed by atoms with van der Waals surface area (Å²) in [4.78, 5) is 4.84. The van der Waals surface area contributed by atoms with Crippen molar-refractivity contribution in [3.8, 4) is 5.75 Å². The van der Waals surface area contributed by atoms with Crippen molar-refractivity contribution in [1.82, 2.24) is 5.48 Å². The number of hydrogen-bond acceptors (Lipinski definition) is 3. The smallest absolute Gasteiger partial charge is 0.142 e. The number of methoxy groups -OCH3 is 1. The molecule has 3 nitrogen and oxygen atoms in total. The summed E-state index contributed by atoms with van der Waals surface area (Å²) >= 11 is 6.16. The van der Waals surface area contributed by atoms with Crippen LogP contribution in [0.1, 0.15) is 30.9 Å². The number of benzene rings is 1. The first-order valence-electron chi connectivity index (χ1n) is 5.22. The Morgan fingerprint density at radius 2 is 2.00 bits per heavy atom. The van der Waals surface area contributed by atoms with E-state index in [0.29, 0.717) is 23.2 Å². The predicted octanol–water partition coefficient (Wildman–Crippen LogP) is 3.12. The van der Waals surface area contributed by atoms with Gasteiger partial charge < -0.3 is 9.57 Å². The molecule has 4 heteroatoms. The van der Waals surface area contributed by atoms with Crippen molar-refractivity contribution in [3.63, 3.8) is 0 Å². The molecule has 1 rings (SSSR count). The number of hydroxylamine groups is 1. The molecule has 0 bridgehead atoms. The largest absolute Gasteiger partial charge is 0.495 e. The number of halogens is 1. The van der Waals surface area contributed by atoms with Gasteiger partial charge in [0.1, 0.15) is 5.75 Å². The van der Waals surface area contributed by atoms with Gasteiger partial charge in [0.25, 0.3) is 0 Å². The van der Waals surface area contributed by atoms with E-state index in [1.807, 2.05) is 6.07 Å². The fourth-order valence-electron chi connectivity index (χ4n) is 1.52. The Kier molecular flexibility index (Phi) is 5.06. The molecule has 0 aliphatic rings. The molecular formula is C12H18ClNO2. The highest BCUT2D eigenvalue weighted by Crippen LogP contribution is 2.32. The molecular weight excluding hydrogens is 226 g/mol. The predicted molar refractivity (Wildman–Crippen MR) is 65.9 cm³/mol. The summed E-state index contributed by atoms with van der Waals surface area (Å²) in [5, 5.41) is 0.640. The van der Waals surface area contributed by atoms with Crippen LogP contribution in [0.2, 0.25) is 5.02 Å². The Balaban J connectivity index is 3.09. The highest BCUT2D eigenvalue weighted by Gasteiger charge is 2.11. The number of nitrogens with one attached hydrogen (secondary N) is 1. The molecule has 0 atom stereocenters. The molecule has 0 unspecified atom stereocenters. The van der Waals surface area contributed by atoms with Crippen molar-refractivity contribution < 1.29 is 9.57 Å². The van der Waals surface area contributed by atoms with E-state index in [1.54, 1.807) is 14.2 Å². The number of rotatable bonds is 5. The zero-order chi connectivity index (χ0) is 12.1. The van der Waals surface area contributed by atoms with Gasteiger partial charge in [0, 0.05) is 12.1 Å². The maximum atomic E-state index is 6.16. The molecule has 90 valence electrons. The van der Waals surface area contributed by atoms with Crippen molar-refractivity contribution in [3.05, 3.63) is 28.3 Å². The average molecular weight is 244 g/mol. The Morgan fingerprint density at radius 1 is 1.31 bits per heavy atom. The van der Waals surface area contributed by atoms with E-state index in [1.165, 1.54) is 5.56 Å². The summed E-state index contributed by atoms with van der Waals surface area (Å²) < 4.78 is 5.28. The third kappa shape index (κ3) is 3.11. The van der Waals surface area contributed by atoms with E-state index in [4.69, 9.17) is 21.2 Å². The van der Waals surface area contributed by atoms with Crippen molar-refractivity contribution in [2.45, 2.75) is 26.3 Å². The van der Waals surface area contributed by atoms with Gasteiger partial charge in [-0.1, -0.05) is 31.5 Å². The quantitative estimate of drug-likeness (QED) is 0.806. The van der Waals surface area contributed by atoms with E-state index in [0.717, 1.165) is 5.56 Å². The van der Waals surface area contributed by atoms with E-state index < -0.39 is 0 Å². The van der Waals surface area contributed by atoms with Gasteiger partial charge in [-0.05, 0) is 17.5 Å². The van der Waals surface area contributed by atoms with Gasteiger partial charge in [-0.2, -0.15) is 5.48 Å². The monoisotopic (exact) mass is 243 g/mol. The second kappa shape index (κ2) is 6.09. The minimum atomic E-state index is 0.435. The first kappa shape index (κ1) is 13.3. The Hall–Kier alpha value is -0.770. The SMILES string of the molecule is CONCc1cc(C(C)C)cc(Cl)c1OC. The van der Waals surface area contributed by atoms with Gasteiger partial charge in [0.05, 0.1) is 19.2 Å². The normalized spacial score (nSPS) is 10.9. The fraction of sp³-hybridized carbons (Fsp3) is 0.500. The Morgan fingerprint density at radius 3 is 2.50 bits per heavy atom. The van der Waals surface area contributed by atoms with Crippen LogP contribution in [-0.2, 0) is 11.4 Å². The third-order valence-corrected chi connectivity index (χ3v) is 2.70. The molecule has 1 N–H and O–H groups in total. The molecule has 0 fully saturated rings. The zero-order valence-corrected chi connectivity index (χ0v) is 10.9. The standard InChI is InChI=1S/C12H18ClNO2/c1-8(2)9-5-10(7-14-16-4)12(15-3)11(13)6-9/h5-6,8,14H,7H2,1-4H3. The van der Waals surface area contributed by atoms with Crippen molar-refractivity contribution >= 4 is 11.6 Å². The lowest BCUT2D eigenvalue weighted by Crippen LogP contribution is -2.12. The average Bonchev–Trinajstić information content (AvgIpc) is 2.25. The van der Waals surface area contributed by atoms with Crippen LogP contribution in [0.15, 0.2) is 12.1 Å². The second-order valence-corrected chi connectivity index (χ2v) is 4.28. The molecule has 0 amide bonds. The summed E-state index contributed by atoms with van der Waals surface area (Å²) in [6, 6.07) is 4.03. The molecule has 0 aliphatic heterocycles. The molecule has 0 spiro atoms. The maximum absolute atomic E-state index is 6.16. The highest BCUT2D eigenvalue weighted by molar-refractivity contribution is 6.32. The molecule has 0 saturated carbocycles. The highest BCUT2D eigenvalue weighted by atomic mass is 35.5. The van der Waals surface area contributed by atoms with Crippen LogP contribution >= 0.6 is 11.6 Å². The van der Waals surface area contributed by atoms with Crippen LogP contribution < -0.4 is 10.2 Å². The van der Waals surface area contributed by atoms with E-state index in [9.17, 15) is 0 Å². The van der Waals surface area contributed by atoms with Gasteiger partial charge in [-0.15, -0.1) is 0 Å². The van der Waals surface area contributed by atoms with E-state index in [-0.39, 0.29) is 0 Å². The molecule has 1 aromatic rings. The lowest BCUT2D eigenvalue weighted by molar-refractivity contribution is 0.0861. The van der Waals surface area contributed by atoms with Crippen molar-refractivity contribution in [2.24, 2.45) is 0 Å². The Bertz CT molecular complexity index is 353. The van der Waals surface area contributed by atoms with Crippen molar-refractivity contribution in [2.75, 3.05) is 14.2 Å². The van der Waals surface area contributed by atoms with E-state index in [2.05, 4.69) is 25.4 Å². The van der Waals surface area contributed by atoms with Crippen LogP contribution in [0.4, 0.5) is 0 Å². The summed E-state index contributed by atoms with van der Waals surface area (Å²) in [6.07, 6.45) is 0. The molecule has 0 aromatic heterocycles.